The Hall–Kier alpha value is -1.72. The fraction of sp³-hybridized carbons (Fsp3) is 0.538. The standard InChI is InChI=1S/C13H15F2N3O/c14-13(15)11-6-12(17-8-16-11)19-7-10-4-3-9-2-1-5-18(9)10/h2,6,8,10,13H,1,3-5,7H2/t10-/m0/s1. The predicted octanol–water partition coefficient (Wildman–Crippen LogP) is 2.54. The first-order valence-corrected chi connectivity index (χ1v) is 6.42. The van der Waals surface area contributed by atoms with Crippen LogP contribution in [-0.2, 0) is 0 Å². The maximum absolute atomic E-state index is 12.5. The molecule has 0 spiro atoms. The summed E-state index contributed by atoms with van der Waals surface area (Å²) in [5.74, 6) is 0.224. The van der Waals surface area contributed by atoms with Gasteiger partial charge in [0.2, 0.25) is 5.88 Å². The van der Waals surface area contributed by atoms with E-state index in [0.29, 0.717) is 12.6 Å². The summed E-state index contributed by atoms with van der Waals surface area (Å²) in [6.07, 6.45) is 4.02. The Morgan fingerprint density at radius 1 is 1.42 bits per heavy atom. The maximum atomic E-state index is 12.5. The van der Waals surface area contributed by atoms with E-state index in [1.54, 1.807) is 0 Å². The van der Waals surface area contributed by atoms with Gasteiger partial charge in [-0.3, -0.25) is 0 Å². The van der Waals surface area contributed by atoms with Crippen molar-refractivity contribution in [2.24, 2.45) is 0 Å². The molecule has 1 atom stereocenters. The highest BCUT2D eigenvalue weighted by Gasteiger charge is 2.30. The van der Waals surface area contributed by atoms with Gasteiger partial charge in [0.25, 0.3) is 6.43 Å². The Bertz CT molecular complexity index is 493. The molecule has 0 radical (unpaired) electrons. The highest BCUT2D eigenvalue weighted by Crippen LogP contribution is 2.32. The molecular weight excluding hydrogens is 252 g/mol. The second-order valence-corrected chi connectivity index (χ2v) is 4.76. The number of halogens is 2. The molecule has 102 valence electrons. The highest BCUT2D eigenvalue weighted by atomic mass is 19.3. The van der Waals surface area contributed by atoms with Gasteiger partial charge in [0.1, 0.15) is 18.6 Å². The van der Waals surface area contributed by atoms with E-state index in [-0.39, 0.29) is 11.6 Å². The summed E-state index contributed by atoms with van der Waals surface area (Å²) >= 11 is 0. The van der Waals surface area contributed by atoms with Crippen molar-refractivity contribution in [3.8, 4) is 5.88 Å². The van der Waals surface area contributed by atoms with Crippen LogP contribution < -0.4 is 4.74 Å². The number of ether oxygens (including phenoxy) is 1. The first kappa shape index (κ1) is 12.3. The third-order valence-electron chi connectivity index (χ3n) is 3.60. The largest absolute Gasteiger partial charge is 0.475 e. The van der Waals surface area contributed by atoms with Crippen molar-refractivity contribution >= 4 is 0 Å². The average Bonchev–Trinajstić information content (AvgIpc) is 3.00. The zero-order chi connectivity index (χ0) is 13.2. The van der Waals surface area contributed by atoms with Gasteiger partial charge < -0.3 is 9.64 Å². The van der Waals surface area contributed by atoms with Crippen molar-refractivity contribution in [1.82, 2.24) is 14.9 Å². The SMILES string of the molecule is FC(F)c1cc(OC[C@@H]2CCC3=CCCN32)ncn1. The van der Waals surface area contributed by atoms with Gasteiger partial charge in [0.05, 0.1) is 6.04 Å². The van der Waals surface area contributed by atoms with Gasteiger partial charge in [-0.25, -0.2) is 18.7 Å². The third kappa shape index (κ3) is 2.52. The number of hydrogen-bond donors (Lipinski definition) is 0. The molecule has 1 fully saturated rings. The number of hydrogen-bond acceptors (Lipinski definition) is 4. The van der Waals surface area contributed by atoms with E-state index in [1.807, 2.05) is 0 Å². The van der Waals surface area contributed by atoms with Crippen molar-refractivity contribution in [1.29, 1.82) is 0 Å². The summed E-state index contributed by atoms with van der Waals surface area (Å²) in [6, 6.07) is 1.54. The molecular formula is C13H15F2N3O. The Balaban J connectivity index is 1.60. The Kier molecular flexibility index (Phi) is 3.31. The molecule has 1 aromatic rings. The van der Waals surface area contributed by atoms with Crippen LogP contribution >= 0.6 is 0 Å². The molecule has 0 unspecified atom stereocenters. The zero-order valence-corrected chi connectivity index (χ0v) is 10.4. The summed E-state index contributed by atoms with van der Waals surface area (Å²) in [7, 11) is 0. The van der Waals surface area contributed by atoms with Gasteiger partial charge in [-0.15, -0.1) is 0 Å². The summed E-state index contributed by atoms with van der Waals surface area (Å²) in [5.41, 5.74) is 1.10. The number of alkyl halides is 2. The maximum Gasteiger partial charge on any atom is 0.280 e. The van der Waals surface area contributed by atoms with Crippen molar-refractivity contribution in [3.63, 3.8) is 0 Å². The topological polar surface area (TPSA) is 38.2 Å². The molecule has 3 heterocycles. The lowest BCUT2D eigenvalue weighted by atomic mass is 10.2. The molecule has 0 amide bonds. The van der Waals surface area contributed by atoms with E-state index in [2.05, 4.69) is 20.9 Å². The molecule has 3 rings (SSSR count). The Labute approximate surface area is 110 Å². The summed E-state index contributed by atoms with van der Waals surface area (Å²) < 4.78 is 30.5. The van der Waals surface area contributed by atoms with Crippen LogP contribution in [0.5, 0.6) is 5.88 Å². The van der Waals surface area contributed by atoms with Gasteiger partial charge in [-0.05, 0) is 19.3 Å². The molecule has 1 saturated heterocycles. The lowest BCUT2D eigenvalue weighted by Gasteiger charge is -2.23. The van der Waals surface area contributed by atoms with Gasteiger partial charge in [-0.1, -0.05) is 6.08 Å². The number of fused-ring (bicyclic) bond motifs is 1. The van der Waals surface area contributed by atoms with Crippen molar-refractivity contribution in [2.75, 3.05) is 13.2 Å². The molecule has 4 nitrogen and oxygen atoms in total. The van der Waals surface area contributed by atoms with Crippen LogP contribution in [0.15, 0.2) is 24.2 Å². The number of allylic oxidation sites excluding steroid dienone is 1. The lowest BCUT2D eigenvalue weighted by Crippen LogP contribution is -2.31. The molecule has 0 aliphatic carbocycles. The van der Waals surface area contributed by atoms with Crippen LogP contribution in [0.4, 0.5) is 8.78 Å². The average molecular weight is 267 g/mol. The fourth-order valence-electron chi connectivity index (χ4n) is 2.67. The minimum Gasteiger partial charge on any atom is -0.475 e. The minimum absolute atomic E-state index is 0.224. The van der Waals surface area contributed by atoms with Gasteiger partial charge in [0.15, 0.2) is 0 Å². The summed E-state index contributed by atoms with van der Waals surface area (Å²) in [4.78, 5) is 9.72. The lowest BCUT2D eigenvalue weighted by molar-refractivity contribution is 0.144. The van der Waals surface area contributed by atoms with Crippen LogP contribution in [-0.4, -0.2) is 34.1 Å². The van der Waals surface area contributed by atoms with Gasteiger partial charge in [0, 0.05) is 18.3 Å². The zero-order valence-electron chi connectivity index (χ0n) is 10.4. The normalized spacial score (nSPS) is 21.7. The van der Waals surface area contributed by atoms with Gasteiger partial charge in [-0.2, -0.15) is 0 Å². The van der Waals surface area contributed by atoms with Crippen LogP contribution in [0.1, 0.15) is 31.4 Å². The second-order valence-electron chi connectivity index (χ2n) is 4.76. The number of rotatable bonds is 4. The molecule has 0 N–H and O–H groups in total. The molecule has 19 heavy (non-hydrogen) atoms. The summed E-state index contributed by atoms with van der Waals surface area (Å²) in [5, 5.41) is 0. The molecule has 2 aliphatic heterocycles. The molecule has 1 aromatic heterocycles. The van der Waals surface area contributed by atoms with E-state index in [1.165, 1.54) is 11.8 Å². The Morgan fingerprint density at radius 2 is 2.32 bits per heavy atom. The van der Waals surface area contributed by atoms with E-state index in [4.69, 9.17) is 4.74 Å². The van der Waals surface area contributed by atoms with Crippen LogP contribution in [0.25, 0.3) is 0 Å². The Morgan fingerprint density at radius 3 is 3.16 bits per heavy atom. The van der Waals surface area contributed by atoms with Crippen LogP contribution in [0.3, 0.4) is 0 Å². The van der Waals surface area contributed by atoms with Crippen LogP contribution in [0.2, 0.25) is 0 Å². The molecule has 0 bridgehead atoms. The second kappa shape index (κ2) is 5.11. The van der Waals surface area contributed by atoms with E-state index < -0.39 is 6.43 Å². The fourth-order valence-corrected chi connectivity index (χ4v) is 2.67. The quantitative estimate of drug-likeness (QED) is 0.840. The number of nitrogens with zero attached hydrogens (tertiary/aromatic N) is 3. The molecule has 0 aromatic carbocycles. The van der Waals surface area contributed by atoms with E-state index >= 15 is 0 Å². The van der Waals surface area contributed by atoms with E-state index in [9.17, 15) is 8.78 Å². The van der Waals surface area contributed by atoms with Crippen molar-refractivity contribution in [2.45, 2.75) is 31.7 Å². The monoisotopic (exact) mass is 267 g/mol. The first-order valence-electron chi connectivity index (χ1n) is 6.42. The summed E-state index contributed by atoms with van der Waals surface area (Å²) in [6.45, 7) is 1.52. The van der Waals surface area contributed by atoms with Gasteiger partial charge >= 0.3 is 0 Å². The first-order chi connectivity index (χ1) is 9.24. The molecule has 0 saturated carbocycles. The molecule has 6 heteroatoms. The minimum atomic E-state index is -2.59. The smallest absolute Gasteiger partial charge is 0.280 e. The van der Waals surface area contributed by atoms with Crippen molar-refractivity contribution < 1.29 is 13.5 Å². The van der Waals surface area contributed by atoms with E-state index in [0.717, 1.165) is 32.1 Å². The van der Waals surface area contributed by atoms with Crippen molar-refractivity contribution in [3.05, 3.63) is 29.9 Å². The molecule has 2 aliphatic rings. The van der Waals surface area contributed by atoms with Crippen LogP contribution in [0, 0.1) is 0 Å². The third-order valence-corrected chi connectivity index (χ3v) is 3.60. The predicted molar refractivity (Wildman–Crippen MR) is 64.9 cm³/mol. The highest BCUT2D eigenvalue weighted by molar-refractivity contribution is 5.16. The number of aromatic nitrogens is 2.